The minimum absolute atomic E-state index is 0.0681. The molecule has 8 heteroatoms. The van der Waals surface area contributed by atoms with Gasteiger partial charge in [0.15, 0.2) is 0 Å². The van der Waals surface area contributed by atoms with Crippen LogP contribution in [0.2, 0.25) is 0 Å². The number of carbonyl (C=O) groups excluding carboxylic acids is 2. The molecule has 36 heavy (non-hydrogen) atoms. The average Bonchev–Trinajstić information content (AvgIpc) is 2.90. The molecule has 0 radical (unpaired) electrons. The molecule has 180 valence electrons. The zero-order valence-corrected chi connectivity index (χ0v) is 18.8. The molecule has 0 spiro atoms. The average molecular weight is 484 g/mol. The number of benzene rings is 4. The molecule has 3 aliphatic heterocycles. The van der Waals surface area contributed by atoms with Crippen LogP contribution in [0.15, 0.2) is 84.9 Å². The first-order valence-electron chi connectivity index (χ1n) is 10.9. The van der Waals surface area contributed by atoms with Crippen LogP contribution in [0.1, 0.15) is 41.4 Å². The Kier molecular flexibility index (Phi) is 7.06. The molecule has 0 amide bonds. The van der Waals surface area contributed by atoms with Crippen LogP contribution in [-0.2, 0) is 9.47 Å². The van der Waals surface area contributed by atoms with Gasteiger partial charge in [-0.2, -0.15) is 0 Å². The normalized spacial score (nSPS) is 12.7. The third-order valence-electron chi connectivity index (χ3n) is 5.46. The lowest BCUT2D eigenvalue weighted by molar-refractivity contribution is 0.0265. The van der Waals surface area contributed by atoms with Crippen LogP contribution >= 0.6 is 0 Å². The van der Waals surface area contributed by atoms with E-state index < -0.39 is 23.9 Å². The van der Waals surface area contributed by atoms with Gasteiger partial charge >= 0.3 is 23.9 Å². The van der Waals surface area contributed by atoms with E-state index in [-0.39, 0.29) is 24.3 Å². The number of carboxylic acid groups (broad SMARTS) is 2. The van der Waals surface area contributed by atoms with Crippen molar-refractivity contribution in [1.29, 1.82) is 0 Å². The van der Waals surface area contributed by atoms with Gasteiger partial charge in [0.1, 0.15) is 13.2 Å². The van der Waals surface area contributed by atoms with Gasteiger partial charge in [0, 0.05) is 0 Å². The molecule has 2 N–H and O–H groups in total. The van der Waals surface area contributed by atoms with Crippen molar-refractivity contribution in [2.24, 2.45) is 0 Å². The first kappa shape index (κ1) is 24.2. The van der Waals surface area contributed by atoms with Crippen LogP contribution in [0, 0.1) is 0 Å². The SMILES string of the molecule is O=C(O)c1ccc(-c2ccc(C(=O)O)cc2)cc1.O=C1OCCOC(=O)c2ccc3cc1ccc3c2. The Morgan fingerprint density at radius 1 is 0.528 bits per heavy atom. The molecule has 0 saturated carbocycles. The van der Waals surface area contributed by atoms with Crippen molar-refractivity contribution in [3.8, 4) is 11.1 Å². The van der Waals surface area contributed by atoms with Gasteiger partial charge in [0.2, 0.25) is 0 Å². The summed E-state index contributed by atoms with van der Waals surface area (Å²) in [6.45, 7) is 0.136. The molecule has 0 aliphatic carbocycles. The number of carbonyl (C=O) groups is 4. The lowest BCUT2D eigenvalue weighted by atomic mass is 10.0. The second-order valence-electron chi connectivity index (χ2n) is 7.81. The molecule has 0 unspecified atom stereocenters. The summed E-state index contributed by atoms with van der Waals surface area (Å²) in [6.07, 6.45) is 0. The summed E-state index contributed by atoms with van der Waals surface area (Å²) in [4.78, 5) is 44.8. The van der Waals surface area contributed by atoms with Gasteiger partial charge in [-0.05, 0) is 70.4 Å². The van der Waals surface area contributed by atoms with E-state index in [1.807, 2.05) is 0 Å². The highest BCUT2D eigenvalue weighted by atomic mass is 16.6. The van der Waals surface area contributed by atoms with Gasteiger partial charge < -0.3 is 19.7 Å². The lowest BCUT2D eigenvalue weighted by Crippen LogP contribution is -2.15. The quantitative estimate of drug-likeness (QED) is 0.393. The molecule has 4 bridgehead atoms. The van der Waals surface area contributed by atoms with E-state index in [2.05, 4.69) is 0 Å². The predicted molar refractivity (Wildman–Crippen MR) is 130 cm³/mol. The van der Waals surface area contributed by atoms with E-state index >= 15 is 0 Å². The van der Waals surface area contributed by atoms with E-state index in [9.17, 15) is 19.2 Å². The van der Waals surface area contributed by atoms with Crippen molar-refractivity contribution in [3.63, 3.8) is 0 Å². The summed E-state index contributed by atoms with van der Waals surface area (Å²) in [5, 5.41) is 19.3. The number of rotatable bonds is 3. The Morgan fingerprint density at radius 3 is 1.19 bits per heavy atom. The highest BCUT2D eigenvalue weighted by Crippen LogP contribution is 2.21. The van der Waals surface area contributed by atoms with Gasteiger partial charge in [0.25, 0.3) is 0 Å². The first-order chi connectivity index (χ1) is 17.3. The fraction of sp³-hybridized carbons (Fsp3) is 0.0714. The fourth-order valence-electron chi connectivity index (χ4n) is 3.55. The summed E-state index contributed by atoms with van der Waals surface area (Å²) in [5.74, 6) is -2.75. The Hall–Kier alpha value is -4.98. The van der Waals surface area contributed by atoms with Crippen molar-refractivity contribution in [3.05, 3.63) is 107 Å². The molecule has 4 aromatic carbocycles. The van der Waals surface area contributed by atoms with Crippen molar-refractivity contribution < 1.29 is 38.9 Å². The molecular formula is C28H20O8. The number of carboxylic acids is 2. The van der Waals surface area contributed by atoms with Crippen LogP contribution in [0.25, 0.3) is 21.9 Å². The van der Waals surface area contributed by atoms with E-state index in [4.69, 9.17) is 19.7 Å². The fourth-order valence-corrected chi connectivity index (χ4v) is 3.55. The standard InChI is InChI=1S/2C14H10O4/c15-13-11-3-1-9-7-12(4-2-10(9)8-11)14(16)18-6-5-17-13;15-13(16)11-5-1-9(2-6-11)10-3-7-12(8-4-10)14(17)18/h1-4,7-8H,5-6H2;1-8H,(H,15,16)(H,17,18). The predicted octanol–water partition coefficient (Wildman–Crippen LogP) is 4.92. The van der Waals surface area contributed by atoms with Gasteiger partial charge in [-0.1, -0.05) is 36.4 Å². The van der Waals surface area contributed by atoms with Crippen molar-refractivity contribution in [2.45, 2.75) is 0 Å². The van der Waals surface area contributed by atoms with Gasteiger partial charge in [0.05, 0.1) is 22.3 Å². The summed E-state index contributed by atoms with van der Waals surface area (Å²) in [7, 11) is 0. The first-order valence-corrected chi connectivity index (χ1v) is 10.9. The second-order valence-corrected chi connectivity index (χ2v) is 7.81. The van der Waals surface area contributed by atoms with Crippen LogP contribution in [0.3, 0.4) is 0 Å². The highest BCUT2D eigenvalue weighted by Gasteiger charge is 2.13. The molecule has 0 saturated heterocycles. The molecule has 3 heterocycles. The Bertz CT molecular complexity index is 1340. The third kappa shape index (κ3) is 5.56. The van der Waals surface area contributed by atoms with Crippen molar-refractivity contribution in [1.82, 2.24) is 0 Å². The van der Waals surface area contributed by atoms with E-state index in [1.54, 1.807) is 60.7 Å². The summed E-state index contributed by atoms with van der Waals surface area (Å²) >= 11 is 0. The van der Waals surface area contributed by atoms with Crippen LogP contribution in [-0.4, -0.2) is 47.3 Å². The number of aromatic carboxylic acids is 2. The molecule has 4 aromatic rings. The topological polar surface area (TPSA) is 127 Å². The second kappa shape index (κ2) is 10.5. The van der Waals surface area contributed by atoms with Crippen molar-refractivity contribution in [2.75, 3.05) is 13.2 Å². The van der Waals surface area contributed by atoms with Gasteiger partial charge in [-0.15, -0.1) is 0 Å². The zero-order valence-electron chi connectivity index (χ0n) is 18.8. The molecule has 3 aliphatic rings. The third-order valence-corrected chi connectivity index (χ3v) is 5.46. The van der Waals surface area contributed by atoms with Gasteiger partial charge in [-0.25, -0.2) is 19.2 Å². The number of esters is 2. The van der Waals surface area contributed by atoms with Gasteiger partial charge in [-0.3, -0.25) is 0 Å². The summed E-state index contributed by atoms with van der Waals surface area (Å²) < 4.78 is 9.99. The van der Waals surface area contributed by atoms with Crippen LogP contribution < -0.4 is 0 Å². The molecule has 8 nitrogen and oxygen atoms in total. The van der Waals surface area contributed by atoms with E-state index in [0.29, 0.717) is 11.1 Å². The molecule has 0 fully saturated rings. The summed E-state index contributed by atoms with van der Waals surface area (Å²) in [6, 6.07) is 23.3. The largest absolute Gasteiger partial charge is 0.478 e. The van der Waals surface area contributed by atoms with E-state index in [1.165, 1.54) is 24.3 Å². The van der Waals surface area contributed by atoms with Crippen LogP contribution in [0.4, 0.5) is 0 Å². The Labute approximate surface area is 205 Å². The molecule has 7 rings (SSSR count). The number of fused-ring (bicyclic) bond motifs is 2. The maximum Gasteiger partial charge on any atom is 0.338 e. The Morgan fingerprint density at radius 2 is 0.861 bits per heavy atom. The molecule has 0 atom stereocenters. The zero-order chi connectivity index (χ0) is 25.7. The minimum atomic E-state index is -0.970. The number of ether oxygens (including phenoxy) is 2. The minimum Gasteiger partial charge on any atom is -0.478 e. The lowest BCUT2D eigenvalue weighted by Gasteiger charge is -2.10. The van der Waals surface area contributed by atoms with Crippen molar-refractivity contribution >= 4 is 34.6 Å². The number of hydrogen-bond acceptors (Lipinski definition) is 6. The van der Waals surface area contributed by atoms with Crippen LogP contribution in [0.5, 0.6) is 0 Å². The monoisotopic (exact) mass is 484 g/mol. The maximum absolute atomic E-state index is 11.7. The van der Waals surface area contributed by atoms with E-state index in [0.717, 1.165) is 21.9 Å². The Balaban J connectivity index is 0.000000169. The smallest absolute Gasteiger partial charge is 0.338 e. The summed E-state index contributed by atoms with van der Waals surface area (Å²) in [5.41, 5.74) is 3.14. The number of hydrogen-bond donors (Lipinski definition) is 2. The molecular weight excluding hydrogens is 464 g/mol. The molecule has 0 aromatic heterocycles. The highest BCUT2D eigenvalue weighted by molar-refractivity contribution is 5.99. The maximum atomic E-state index is 11.7.